The second-order valence-corrected chi connectivity index (χ2v) is 4.91. The maximum Gasteiger partial charge on any atom is 0.0641 e. The van der Waals surface area contributed by atoms with Gasteiger partial charge in [-0.3, -0.25) is 4.99 Å². The molecule has 0 radical (unpaired) electrons. The molecule has 1 aliphatic heterocycles. The van der Waals surface area contributed by atoms with Crippen LogP contribution in [-0.2, 0) is 0 Å². The standard InChI is InChI=1S/C14H18N2/c1-10-8-9-11-6-4-5-7-12(11)13(16-10)14(2,3)15/h4-9,11H,15H2,1-3H3. The summed E-state index contributed by atoms with van der Waals surface area (Å²) in [7, 11) is 0. The van der Waals surface area contributed by atoms with E-state index in [0.29, 0.717) is 5.92 Å². The quantitative estimate of drug-likeness (QED) is 0.716. The van der Waals surface area contributed by atoms with E-state index in [1.54, 1.807) is 0 Å². The molecule has 2 nitrogen and oxygen atoms in total. The number of fused-ring (bicyclic) bond motifs is 1. The molecule has 1 unspecified atom stereocenters. The first-order valence-corrected chi connectivity index (χ1v) is 5.60. The van der Waals surface area contributed by atoms with Gasteiger partial charge in [0.15, 0.2) is 0 Å². The van der Waals surface area contributed by atoms with Crippen molar-refractivity contribution in [2.45, 2.75) is 26.3 Å². The lowest BCUT2D eigenvalue weighted by Gasteiger charge is -2.24. The molecule has 16 heavy (non-hydrogen) atoms. The van der Waals surface area contributed by atoms with Crippen LogP contribution in [0.1, 0.15) is 20.8 Å². The van der Waals surface area contributed by atoms with Crippen LogP contribution in [0, 0.1) is 5.92 Å². The summed E-state index contributed by atoms with van der Waals surface area (Å²) in [6, 6.07) is 0. The van der Waals surface area contributed by atoms with Gasteiger partial charge in [0.25, 0.3) is 0 Å². The summed E-state index contributed by atoms with van der Waals surface area (Å²) >= 11 is 0. The lowest BCUT2D eigenvalue weighted by Crippen LogP contribution is -2.35. The molecule has 0 spiro atoms. The Morgan fingerprint density at radius 2 is 1.94 bits per heavy atom. The van der Waals surface area contributed by atoms with Crippen molar-refractivity contribution in [2.24, 2.45) is 16.6 Å². The van der Waals surface area contributed by atoms with Crippen molar-refractivity contribution in [1.82, 2.24) is 0 Å². The molecule has 2 N–H and O–H groups in total. The Labute approximate surface area is 96.9 Å². The van der Waals surface area contributed by atoms with Gasteiger partial charge in [-0.1, -0.05) is 30.4 Å². The molecule has 0 aromatic rings. The normalized spacial score (nSPS) is 24.2. The fraction of sp³-hybridized carbons (Fsp3) is 0.357. The van der Waals surface area contributed by atoms with Crippen molar-refractivity contribution in [2.75, 3.05) is 0 Å². The Morgan fingerprint density at radius 3 is 2.62 bits per heavy atom. The van der Waals surface area contributed by atoms with Gasteiger partial charge >= 0.3 is 0 Å². The molecule has 1 aliphatic carbocycles. The predicted molar refractivity (Wildman–Crippen MR) is 69.3 cm³/mol. The van der Waals surface area contributed by atoms with Gasteiger partial charge in [0, 0.05) is 11.6 Å². The average Bonchev–Trinajstić information content (AvgIpc) is 2.38. The molecule has 2 heteroatoms. The molecule has 0 saturated heterocycles. The van der Waals surface area contributed by atoms with Crippen LogP contribution in [0.25, 0.3) is 0 Å². The van der Waals surface area contributed by atoms with Crippen molar-refractivity contribution in [3.8, 4) is 0 Å². The van der Waals surface area contributed by atoms with E-state index in [1.165, 1.54) is 5.57 Å². The maximum atomic E-state index is 6.20. The van der Waals surface area contributed by atoms with Crippen LogP contribution in [-0.4, -0.2) is 11.3 Å². The number of rotatable bonds is 1. The van der Waals surface area contributed by atoms with E-state index in [4.69, 9.17) is 5.73 Å². The van der Waals surface area contributed by atoms with Gasteiger partial charge in [-0.2, -0.15) is 0 Å². The number of hydrogen-bond donors (Lipinski definition) is 1. The molecule has 2 aliphatic rings. The van der Waals surface area contributed by atoms with E-state index in [2.05, 4.69) is 35.4 Å². The number of hydrogen-bond acceptors (Lipinski definition) is 2. The zero-order valence-corrected chi connectivity index (χ0v) is 10.1. The number of aliphatic imine (C=N–C) groups is 1. The van der Waals surface area contributed by atoms with Crippen LogP contribution in [0.4, 0.5) is 0 Å². The van der Waals surface area contributed by atoms with E-state index >= 15 is 0 Å². The molecule has 0 aromatic heterocycles. The van der Waals surface area contributed by atoms with E-state index in [-0.39, 0.29) is 0 Å². The Hall–Kier alpha value is -1.41. The highest BCUT2D eigenvalue weighted by atomic mass is 14.9. The molecule has 1 heterocycles. The van der Waals surface area contributed by atoms with Gasteiger partial charge in [0.2, 0.25) is 0 Å². The molecular weight excluding hydrogens is 196 g/mol. The van der Waals surface area contributed by atoms with Gasteiger partial charge in [0.1, 0.15) is 0 Å². The van der Waals surface area contributed by atoms with Crippen LogP contribution in [0.5, 0.6) is 0 Å². The summed E-state index contributed by atoms with van der Waals surface area (Å²) in [4.78, 5) is 4.63. The molecule has 84 valence electrons. The SMILES string of the molecule is CC1=NC(C(C)(C)N)=C2C=CC=CC2C=C1. The van der Waals surface area contributed by atoms with Crippen molar-refractivity contribution in [3.05, 3.63) is 47.7 Å². The van der Waals surface area contributed by atoms with Crippen LogP contribution < -0.4 is 5.73 Å². The molecular formula is C14H18N2. The smallest absolute Gasteiger partial charge is 0.0641 e. The van der Waals surface area contributed by atoms with Gasteiger partial charge in [0.05, 0.1) is 11.2 Å². The minimum atomic E-state index is -0.406. The Balaban J connectivity index is 2.59. The molecule has 1 atom stereocenters. The highest BCUT2D eigenvalue weighted by Gasteiger charge is 2.25. The van der Waals surface area contributed by atoms with Gasteiger partial charge in [-0.15, -0.1) is 0 Å². The Kier molecular flexibility index (Phi) is 2.68. The van der Waals surface area contributed by atoms with Crippen LogP contribution in [0.3, 0.4) is 0 Å². The first kappa shape index (κ1) is 11.1. The summed E-state index contributed by atoms with van der Waals surface area (Å²) in [5.41, 5.74) is 9.00. The first-order valence-electron chi connectivity index (χ1n) is 5.60. The Morgan fingerprint density at radius 1 is 1.19 bits per heavy atom. The highest BCUT2D eigenvalue weighted by molar-refractivity contribution is 5.94. The van der Waals surface area contributed by atoms with Crippen molar-refractivity contribution in [1.29, 1.82) is 0 Å². The first-order chi connectivity index (χ1) is 7.48. The summed E-state index contributed by atoms with van der Waals surface area (Å²) in [5, 5.41) is 0. The summed E-state index contributed by atoms with van der Waals surface area (Å²) < 4.78 is 0. The van der Waals surface area contributed by atoms with E-state index in [0.717, 1.165) is 11.4 Å². The number of nitrogens with zero attached hydrogens (tertiary/aromatic N) is 1. The lowest BCUT2D eigenvalue weighted by molar-refractivity contribution is 0.594. The fourth-order valence-corrected chi connectivity index (χ4v) is 2.00. The van der Waals surface area contributed by atoms with Gasteiger partial charge < -0.3 is 5.73 Å². The third-order valence-corrected chi connectivity index (χ3v) is 2.78. The van der Waals surface area contributed by atoms with Gasteiger partial charge in [-0.25, -0.2) is 0 Å². The fourth-order valence-electron chi connectivity index (χ4n) is 2.00. The number of allylic oxidation sites excluding steroid dienone is 7. The molecule has 0 saturated carbocycles. The average molecular weight is 214 g/mol. The van der Waals surface area contributed by atoms with Crippen LogP contribution >= 0.6 is 0 Å². The summed E-state index contributed by atoms with van der Waals surface area (Å²) in [6.45, 7) is 6.01. The topological polar surface area (TPSA) is 38.4 Å². The summed E-state index contributed by atoms with van der Waals surface area (Å²) in [6.07, 6.45) is 12.6. The van der Waals surface area contributed by atoms with Crippen molar-refractivity contribution < 1.29 is 0 Å². The molecule has 0 amide bonds. The molecule has 0 bridgehead atoms. The largest absolute Gasteiger partial charge is 0.321 e. The molecule has 0 fully saturated rings. The van der Waals surface area contributed by atoms with Crippen LogP contribution in [0.15, 0.2) is 52.7 Å². The predicted octanol–water partition coefficient (Wildman–Crippen LogP) is 2.75. The lowest BCUT2D eigenvalue weighted by atomic mass is 9.87. The van der Waals surface area contributed by atoms with Crippen LogP contribution in [0.2, 0.25) is 0 Å². The van der Waals surface area contributed by atoms with E-state index in [1.807, 2.05) is 26.8 Å². The monoisotopic (exact) mass is 214 g/mol. The second-order valence-electron chi connectivity index (χ2n) is 4.91. The zero-order valence-electron chi connectivity index (χ0n) is 10.1. The highest BCUT2D eigenvalue weighted by Crippen LogP contribution is 2.31. The second kappa shape index (κ2) is 3.87. The number of nitrogens with two attached hydrogens (primary N) is 1. The third kappa shape index (κ3) is 2.07. The Bertz CT molecular complexity index is 440. The van der Waals surface area contributed by atoms with E-state index < -0.39 is 5.54 Å². The minimum absolute atomic E-state index is 0.309. The molecule has 0 aromatic carbocycles. The van der Waals surface area contributed by atoms with E-state index in [9.17, 15) is 0 Å². The third-order valence-electron chi connectivity index (χ3n) is 2.78. The zero-order chi connectivity index (χ0) is 11.8. The molecule has 2 rings (SSSR count). The van der Waals surface area contributed by atoms with Crippen molar-refractivity contribution >= 4 is 5.71 Å². The summed E-state index contributed by atoms with van der Waals surface area (Å²) in [5.74, 6) is 0.309. The maximum absolute atomic E-state index is 6.20. The minimum Gasteiger partial charge on any atom is -0.321 e. The van der Waals surface area contributed by atoms with Crippen molar-refractivity contribution in [3.63, 3.8) is 0 Å². The van der Waals surface area contributed by atoms with Gasteiger partial charge in [-0.05, 0) is 32.4 Å².